The van der Waals surface area contributed by atoms with Gasteiger partial charge in [0.1, 0.15) is 22.6 Å². The maximum atomic E-state index is 9.83. The van der Waals surface area contributed by atoms with Crippen molar-refractivity contribution in [3.8, 4) is 5.75 Å². The molecule has 0 spiro atoms. The lowest BCUT2D eigenvalue weighted by Gasteiger charge is -2.04. The zero-order valence-electron chi connectivity index (χ0n) is 11.0. The van der Waals surface area contributed by atoms with Crippen LogP contribution in [0.2, 0.25) is 15.1 Å². The van der Waals surface area contributed by atoms with Crippen molar-refractivity contribution in [2.75, 3.05) is 0 Å². The minimum absolute atomic E-state index is 0.129. The lowest BCUT2D eigenvalue weighted by molar-refractivity contribution is 0.481. The number of hydrogen-bond acceptors (Lipinski definition) is 4. The predicted octanol–water partition coefficient (Wildman–Crippen LogP) is 6.32. The van der Waals surface area contributed by atoms with Crippen molar-refractivity contribution in [3.63, 3.8) is 0 Å². The lowest BCUT2D eigenvalue weighted by Crippen LogP contribution is -1.79. The zero-order chi connectivity index (χ0) is 15.7. The van der Waals surface area contributed by atoms with Crippen LogP contribution in [0.1, 0.15) is 0 Å². The summed E-state index contributed by atoms with van der Waals surface area (Å²) < 4.78 is 0. The summed E-state index contributed by atoms with van der Waals surface area (Å²) in [6.07, 6.45) is 1.61. The summed E-state index contributed by atoms with van der Waals surface area (Å²) >= 11 is 18.0. The molecule has 0 aliphatic rings. The number of halogens is 3. The number of phenolic OH excluding ortho intramolecular Hbond substituents is 1. The van der Waals surface area contributed by atoms with E-state index >= 15 is 0 Å². The number of benzene rings is 2. The van der Waals surface area contributed by atoms with E-state index in [4.69, 9.17) is 34.8 Å². The largest absolute Gasteiger partial charge is 0.507 e. The molecule has 1 aromatic heterocycles. The van der Waals surface area contributed by atoms with Crippen molar-refractivity contribution in [2.45, 2.75) is 0 Å². The Morgan fingerprint density at radius 1 is 0.955 bits per heavy atom. The Balaban J connectivity index is 2.09. The fourth-order valence-electron chi connectivity index (χ4n) is 1.96. The van der Waals surface area contributed by atoms with Gasteiger partial charge in [-0.1, -0.05) is 34.8 Å². The highest BCUT2D eigenvalue weighted by Gasteiger charge is 2.09. The first kappa shape index (κ1) is 15.0. The maximum Gasteiger partial charge on any atom is 0.125 e. The van der Waals surface area contributed by atoms with Crippen LogP contribution in [0.5, 0.6) is 5.75 Å². The highest BCUT2D eigenvalue weighted by Crippen LogP contribution is 2.38. The van der Waals surface area contributed by atoms with E-state index in [1.54, 1.807) is 24.4 Å². The monoisotopic (exact) mass is 351 g/mol. The summed E-state index contributed by atoms with van der Waals surface area (Å²) in [4.78, 5) is 4.21. The second-order valence-electron chi connectivity index (χ2n) is 4.42. The minimum Gasteiger partial charge on any atom is -0.507 e. The van der Waals surface area contributed by atoms with Crippen LogP contribution in [-0.2, 0) is 0 Å². The van der Waals surface area contributed by atoms with E-state index in [1.807, 2.05) is 0 Å². The number of aromatic nitrogens is 1. The van der Waals surface area contributed by atoms with Crippen molar-refractivity contribution in [1.82, 2.24) is 4.98 Å². The molecule has 22 heavy (non-hydrogen) atoms. The van der Waals surface area contributed by atoms with Gasteiger partial charge in [-0.25, -0.2) is 0 Å². The highest BCUT2D eigenvalue weighted by molar-refractivity contribution is 6.41. The molecule has 4 nitrogen and oxygen atoms in total. The average molecular weight is 353 g/mol. The van der Waals surface area contributed by atoms with Crippen molar-refractivity contribution in [2.24, 2.45) is 10.2 Å². The second kappa shape index (κ2) is 6.08. The maximum absolute atomic E-state index is 9.83. The third kappa shape index (κ3) is 2.86. The van der Waals surface area contributed by atoms with Crippen LogP contribution in [0.4, 0.5) is 11.4 Å². The van der Waals surface area contributed by atoms with E-state index in [0.29, 0.717) is 37.3 Å². The molecule has 0 amide bonds. The van der Waals surface area contributed by atoms with E-state index in [1.165, 1.54) is 18.2 Å². The fraction of sp³-hybridized carbons (Fsp3) is 0. The molecule has 0 radical (unpaired) electrons. The molecule has 110 valence electrons. The smallest absolute Gasteiger partial charge is 0.125 e. The minimum atomic E-state index is 0.129. The number of phenols is 1. The van der Waals surface area contributed by atoms with Crippen molar-refractivity contribution in [1.29, 1.82) is 0 Å². The average Bonchev–Trinajstić information content (AvgIpc) is 2.48. The Morgan fingerprint density at radius 2 is 1.68 bits per heavy atom. The molecule has 0 unspecified atom stereocenters. The Labute approximate surface area is 141 Å². The quantitative estimate of drug-likeness (QED) is 0.549. The number of rotatable bonds is 2. The van der Waals surface area contributed by atoms with E-state index in [-0.39, 0.29) is 5.75 Å². The van der Waals surface area contributed by atoms with Gasteiger partial charge >= 0.3 is 0 Å². The summed E-state index contributed by atoms with van der Waals surface area (Å²) in [6, 6.07) is 9.71. The summed E-state index contributed by atoms with van der Waals surface area (Å²) in [7, 11) is 0. The molecule has 2 aromatic carbocycles. The standard InChI is InChI=1S/C15H8Cl3N3O/c16-8-6-10(17)15(11(18)7-8)21-20-12-3-4-13(22)9-2-1-5-19-14(9)12/h1-7,22H. The molecule has 0 bridgehead atoms. The third-order valence-corrected chi connectivity index (χ3v) is 3.76. The predicted molar refractivity (Wildman–Crippen MR) is 89.1 cm³/mol. The van der Waals surface area contributed by atoms with Gasteiger partial charge < -0.3 is 5.11 Å². The molecule has 1 heterocycles. The van der Waals surface area contributed by atoms with Crippen molar-refractivity contribution >= 4 is 57.1 Å². The van der Waals surface area contributed by atoms with E-state index in [2.05, 4.69) is 15.2 Å². The SMILES string of the molecule is Oc1ccc(N=Nc2c(Cl)cc(Cl)cc2Cl)c2ncccc12. The number of pyridine rings is 1. The van der Waals surface area contributed by atoms with Crippen LogP contribution in [0.3, 0.4) is 0 Å². The Kier molecular flexibility index (Phi) is 4.16. The number of hydrogen-bond donors (Lipinski definition) is 1. The highest BCUT2D eigenvalue weighted by atomic mass is 35.5. The van der Waals surface area contributed by atoms with Crippen LogP contribution in [0, 0.1) is 0 Å². The molecule has 0 saturated carbocycles. The summed E-state index contributed by atoms with van der Waals surface area (Å²) in [5.74, 6) is 0.129. The van der Waals surface area contributed by atoms with Gasteiger partial charge in [-0.05, 0) is 36.4 Å². The molecule has 1 N–H and O–H groups in total. The molecule has 0 aliphatic carbocycles. The van der Waals surface area contributed by atoms with Gasteiger partial charge in [-0.3, -0.25) is 4.98 Å². The van der Waals surface area contributed by atoms with Gasteiger partial charge in [0.2, 0.25) is 0 Å². The Bertz CT molecular complexity index is 873. The van der Waals surface area contributed by atoms with Gasteiger partial charge in [-0.15, -0.1) is 10.2 Å². The van der Waals surface area contributed by atoms with Gasteiger partial charge in [0, 0.05) is 16.6 Å². The summed E-state index contributed by atoms with van der Waals surface area (Å²) in [5.41, 5.74) is 1.35. The van der Waals surface area contributed by atoms with E-state index in [9.17, 15) is 5.11 Å². The Morgan fingerprint density at radius 3 is 2.41 bits per heavy atom. The first-order chi connectivity index (χ1) is 10.6. The van der Waals surface area contributed by atoms with Crippen LogP contribution in [-0.4, -0.2) is 10.1 Å². The molecule has 3 rings (SSSR count). The van der Waals surface area contributed by atoms with Crippen LogP contribution < -0.4 is 0 Å². The first-order valence-electron chi connectivity index (χ1n) is 6.19. The molecule has 0 aliphatic heterocycles. The molecule has 0 fully saturated rings. The molecule has 0 saturated heterocycles. The molecule has 7 heteroatoms. The van der Waals surface area contributed by atoms with Gasteiger partial charge in [-0.2, -0.15) is 0 Å². The number of nitrogens with zero attached hydrogens (tertiary/aromatic N) is 3. The van der Waals surface area contributed by atoms with Crippen LogP contribution in [0.25, 0.3) is 10.9 Å². The second-order valence-corrected chi connectivity index (χ2v) is 5.67. The van der Waals surface area contributed by atoms with Crippen molar-refractivity contribution in [3.05, 3.63) is 57.7 Å². The van der Waals surface area contributed by atoms with Crippen molar-refractivity contribution < 1.29 is 5.11 Å². The number of aromatic hydroxyl groups is 1. The normalized spacial score (nSPS) is 11.4. The number of fused-ring (bicyclic) bond motifs is 1. The molecular weight excluding hydrogens is 345 g/mol. The fourth-order valence-corrected chi connectivity index (χ4v) is 2.85. The first-order valence-corrected chi connectivity index (χ1v) is 7.32. The van der Waals surface area contributed by atoms with Gasteiger partial charge in [0.15, 0.2) is 0 Å². The topological polar surface area (TPSA) is 57.8 Å². The van der Waals surface area contributed by atoms with E-state index < -0.39 is 0 Å². The van der Waals surface area contributed by atoms with Gasteiger partial charge in [0.05, 0.1) is 10.0 Å². The van der Waals surface area contributed by atoms with Crippen LogP contribution in [0.15, 0.2) is 52.8 Å². The third-order valence-electron chi connectivity index (χ3n) is 2.96. The molecule has 3 aromatic rings. The number of azo groups is 1. The molecular formula is C15H8Cl3N3O. The Hall–Kier alpha value is -1.88. The van der Waals surface area contributed by atoms with Crippen LogP contribution >= 0.6 is 34.8 Å². The lowest BCUT2D eigenvalue weighted by atomic mass is 10.2. The zero-order valence-corrected chi connectivity index (χ0v) is 13.2. The molecule has 0 atom stereocenters. The van der Waals surface area contributed by atoms with E-state index in [0.717, 1.165) is 0 Å². The summed E-state index contributed by atoms with van der Waals surface area (Å²) in [5, 5.41) is 19.7. The summed E-state index contributed by atoms with van der Waals surface area (Å²) in [6.45, 7) is 0. The van der Waals surface area contributed by atoms with Gasteiger partial charge in [0.25, 0.3) is 0 Å².